The summed E-state index contributed by atoms with van der Waals surface area (Å²) in [4.78, 5) is 4.83. The van der Waals surface area contributed by atoms with Crippen molar-refractivity contribution in [3.8, 4) is 17.6 Å². The lowest BCUT2D eigenvalue weighted by Gasteiger charge is -2.14. The maximum Gasteiger partial charge on any atom is 0.175 e. The fourth-order valence-corrected chi connectivity index (χ4v) is 4.79. The van der Waals surface area contributed by atoms with Gasteiger partial charge in [0.1, 0.15) is 12.7 Å². The Bertz CT molecular complexity index is 1600. The Balaban J connectivity index is 1.52. The molecule has 0 unspecified atom stereocenters. The van der Waals surface area contributed by atoms with Crippen LogP contribution in [0.25, 0.3) is 22.7 Å². The number of hydrogen-bond acceptors (Lipinski definition) is 4. The fraction of sp³-hybridized carbons (Fsp3) is 0.0968. The summed E-state index contributed by atoms with van der Waals surface area (Å²) in [7, 11) is 1.61. The number of imidazole rings is 1. The van der Waals surface area contributed by atoms with Crippen molar-refractivity contribution in [2.24, 2.45) is 0 Å². The van der Waals surface area contributed by atoms with Crippen LogP contribution in [0, 0.1) is 11.3 Å². The molecule has 0 N–H and O–H groups in total. The summed E-state index contributed by atoms with van der Waals surface area (Å²) >= 11 is 3.63. The second-order valence-corrected chi connectivity index (χ2v) is 9.33. The van der Waals surface area contributed by atoms with Crippen LogP contribution in [0.4, 0.5) is 0 Å². The van der Waals surface area contributed by atoms with E-state index in [1.807, 2.05) is 91.0 Å². The van der Waals surface area contributed by atoms with Gasteiger partial charge in [0.15, 0.2) is 17.3 Å². The van der Waals surface area contributed by atoms with Crippen LogP contribution in [-0.4, -0.2) is 16.7 Å². The van der Waals surface area contributed by atoms with Crippen molar-refractivity contribution < 1.29 is 9.47 Å². The Hall–Kier alpha value is -4.34. The van der Waals surface area contributed by atoms with Crippen LogP contribution in [-0.2, 0) is 13.2 Å². The maximum absolute atomic E-state index is 10.2. The zero-order valence-corrected chi connectivity index (χ0v) is 21.9. The SMILES string of the molecule is COc1cc(/C=C(\C#N)c2nc3ccccc3n2Cc2ccccc2)cc(Br)c1OCc1ccccc1. The lowest BCUT2D eigenvalue weighted by Crippen LogP contribution is -2.04. The third-order valence-electron chi connectivity index (χ3n) is 5.99. The first-order valence-corrected chi connectivity index (χ1v) is 12.6. The van der Waals surface area contributed by atoms with Crippen LogP contribution >= 0.6 is 15.9 Å². The predicted molar refractivity (Wildman–Crippen MR) is 150 cm³/mol. The highest BCUT2D eigenvalue weighted by Crippen LogP contribution is 2.38. The van der Waals surface area contributed by atoms with Crippen LogP contribution in [0.1, 0.15) is 22.5 Å². The molecule has 0 spiro atoms. The van der Waals surface area contributed by atoms with Gasteiger partial charge in [-0.1, -0.05) is 72.8 Å². The molecule has 5 nitrogen and oxygen atoms in total. The monoisotopic (exact) mass is 549 g/mol. The average molecular weight is 550 g/mol. The van der Waals surface area contributed by atoms with Crippen LogP contribution in [0.3, 0.4) is 0 Å². The van der Waals surface area contributed by atoms with Gasteiger partial charge in [-0.3, -0.25) is 0 Å². The van der Waals surface area contributed by atoms with Crippen LogP contribution in [0.2, 0.25) is 0 Å². The molecule has 0 saturated heterocycles. The molecule has 0 saturated carbocycles. The number of halogens is 1. The number of methoxy groups -OCH3 is 1. The van der Waals surface area contributed by atoms with Gasteiger partial charge in [-0.2, -0.15) is 5.26 Å². The predicted octanol–water partition coefficient (Wildman–Crippen LogP) is 7.50. The minimum Gasteiger partial charge on any atom is -0.493 e. The topological polar surface area (TPSA) is 60.1 Å². The second-order valence-electron chi connectivity index (χ2n) is 8.47. The summed E-state index contributed by atoms with van der Waals surface area (Å²) in [5.41, 5.74) is 5.27. The van der Waals surface area contributed by atoms with E-state index < -0.39 is 0 Å². The second kappa shape index (κ2) is 11.2. The van der Waals surface area contributed by atoms with Crippen molar-refractivity contribution in [2.75, 3.05) is 7.11 Å². The number of para-hydroxylation sites is 2. The molecule has 0 atom stereocenters. The largest absolute Gasteiger partial charge is 0.493 e. The average Bonchev–Trinajstić information content (AvgIpc) is 3.30. The molecular weight excluding hydrogens is 526 g/mol. The summed E-state index contributed by atoms with van der Waals surface area (Å²) in [6.45, 7) is 1.02. The molecule has 0 bridgehead atoms. The third-order valence-corrected chi connectivity index (χ3v) is 6.58. The van der Waals surface area contributed by atoms with Crippen molar-refractivity contribution in [2.45, 2.75) is 13.2 Å². The van der Waals surface area contributed by atoms with Gasteiger partial charge in [0.2, 0.25) is 0 Å². The van der Waals surface area contributed by atoms with Crippen molar-refractivity contribution in [1.29, 1.82) is 5.26 Å². The summed E-state index contributed by atoms with van der Waals surface area (Å²) in [6.07, 6.45) is 1.83. The molecule has 0 fully saturated rings. The van der Waals surface area contributed by atoms with Crippen molar-refractivity contribution in [3.05, 3.63) is 124 Å². The molecule has 5 aromatic rings. The normalized spacial score (nSPS) is 11.3. The first kappa shape index (κ1) is 24.4. The molecule has 0 amide bonds. The highest BCUT2D eigenvalue weighted by Gasteiger charge is 2.17. The fourth-order valence-electron chi connectivity index (χ4n) is 4.21. The Morgan fingerprint density at radius 1 is 0.946 bits per heavy atom. The van der Waals surface area contributed by atoms with Gasteiger partial charge in [0, 0.05) is 6.54 Å². The standard InChI is InChI=1S/C31H24BrN3O2/c1-36-29-18-24(17-26(32)30(29)37-21-23-12-6-3-7-13-23)16-25(19-33)31-34-27-14-8-9-15-28(27)35(31)20-22-10-4-2-5-11-22/h2-18H,20-21H2,1H3/b25-16+. The van der Waals surface area contributed by atoms with E-state index in [1.54, 1.807) is 7.11 Å². The minimum absolute atomic E-state index is 0.415. The first-order valence-electron chi connectivity index (χ1n) is 11.8. The number of nitrogens with zero attached hydrogens (tertiary/aromatic N) is 3. The zero-order valence-electron chi connectivity index (χ0n) is 20.3. The van der Waals surface area contributed by atoms with E-state index in [2.05, 4.69) is 38.7 Å². The summed E-state index contributed by atoms with van der Waals surface area (Å²) in [5, 5.41) is 10.2. The Kier molecular flexibility index (Phi) is 7.34. The third kappa shape index (κ3) is 5.42. The smallest absolute Gasteiger partial charge is 0.175 e. The van der Waals surface area contributed by atoms with Crippen LogP contribution < -0.4 is 9.47 Å². The number of nitriles is 1. The highest BCUT2D eigenvalue weighted by molar-refractivity contribution is 9.10. The Morgan fingerprint density at radius 3 is 2.32 bits per heavy atom. The number of allylic oxidation sites excluding steroid dienone is 1. The minimum atomic E-state index is 0.415. The number of rotatable bonds is 8. The van der Waals surface area contributed by atoms with E-state index >= 15 is 0 Å². The van der Waals surface area contributed by atoms with E-state index in [0.717, 1.165) is 32.2 Å². The Morgan fingerprint density at radius 2 is 1.62 bits per heavy atom. The molecule has 182 valence electrons. The summed E-state index contributed by atoms with van der Waals surface area (Å²) in [6, 6.07) is 34.2. The maximum atomic E-state index is 10.2. The van der Waals surface area contributed by atoms with E-state index in [0.29, 0.717) is 36.0 Å². The molecule has 1 aromatic heterocycles. The van der Waals surface area contributed by atoms with Gasteiger partial charge >= 0.3 is 0 Å². The summed E-state index contributed by atoms with van der Waals surface area (Å²) in [5.74, 6) is 1.80. The molecule has 0 aliphatic carbocycles. The van der Waals surface area contributed by atoms with E-state index in [4.69, 9.17) is 14.5 Å². The number of hydrogen-bond donors (Lipinski definition) is 0. The molecular formula is C31H24BrN3O2. The first-order chi connectivity index (χ1) is 18.2. The lowest BCUT2D eigenvalue weighted by atomic mass is 10.1. The van der Waals surface area contributed by atoms with Gasteiger partial charge in [-0.15, -0.1) is 0 Å². The molecule has 6 heteroatoms. The molecule has 0 radical (unpaired) electrons. The molecule has 37 heavy (non-hydrogen) atoms. The highest BCUT2D eigenvalue weighted by atomic mass is 79.9. The lowest BCUT2D eigenvalue weighted by molar-refractivity contribution is 0.282. The van der Waals surface area contributed by atoms with Crippen LogP contribution in [0.15, 0.2) is 102 Å². The number of aromatic nitrogens is 2. The van der Waals surface area contributed by atoms with Gasteiger partial charge in [-0.25, -0.2) is 4.98 Å². The Labute approximate surface area is 224 Å². The van der Waals surface area contributed by atoms with Gasteiger partial charge in [-0.05, 0) is 63.0 Å². The van der Waals surface area contributed by atoms with Gasteiger partial charge in [0.25, 0.3) is 0 Å². The van der Waals surface area contributed by atoms with E-state index in [9.17, 15) is 5.26 Å². The van der Waals surface area contributed by atoms with Crippen molar-refractivity contribution in [3.63, 3.8) is 0 Å². The quantitative estimate of drug-likeness (QED) is 0.188. The molecule has 0 aliphatic heterocycles. The molecule has 1 heterocycles. The van der Waals surface area contributed by atoms with Crippen LogP contribution in [0.5, 0.6) is 11.5 Å². The molecule has 4 aromatic carbocycles. The summed E-state index contributed by atoms with van der Waals surface area (Å²) < 4.78 is 14.5. The van der Waals surface area contributed by atoms with E-state index in [1.165, 1.54) is 0 Å². The number of benzene rings is 4. The van der Waals surface area contributed by atoms with Crippen molar-refractivity contribution in [1.82, 2.24) is 9.55 Å². The zero-order chi connectivity index (χ0) is 25.6. The molecule has 0 aliphatic rings. The number of ether oxygens (including phenoxy) is 2. The van der Waals surface area contributed by atoms with E-state index in [-0.39, 0.29) is 0 Å². The molecule has 5 rings (SSSR count). The van der Waals surface area contributed by atoms with Crippen molar-refractivity contribution >= 4 is 38.6 Å². The number of fused-ring (bicyclic) bond motifs is 1. The van der Waals surface area contributed by atoms with Gasteiger partial charge < -0.3 is 14.0 Å². The van der Waals surface area contributed by atoms with Gasteiger partial charge in [0.05, 0.1) is 28.2 Å².